The van der Waals surface area contributed by atoms with Gasteiger partial charge in [-0.15, -0.1) is 11.3 Å². The van der Waals surface area contributed by atoms with Gasteiger partial charge in [0.25, 0.3) is 5.69 Å². The summed E-state index contributed by atoms with van der Waals surface area (Å²) >= 11 is 1.29. The van der Waals surface area contributed by atoms with E-state index in [-0.39, 0.29) is 11.4 Å². The molecule has 0 spiro atoms. The highest BCUT2D eigenvalue weighted by Gasteiger charge is 2.26. The van der Waals surface area contributed by atoms with Crippen molar-refractivity contribution in [1.29, 1.82) is 0 Å². The van der Waals surface area contributed by atoms with Gasteiger partial charge in [-0.05, 0) is 12.1 Å². The maximum absolute atomic E-state index is 12.3. The monoisotopic (exact) mass is 328 g/mol. The first kappa shape index (κ1) is 15.4. The number of aromatic nitrogens is 1. The van der Waals surface area contributed by atoms with E-state index in [1.165, 1.54) is 23.5 Å². The Morgan fingerprint density at radius 1 is 1.43 bits per heavy atom. The number of nitrogens with one attached hydrogen (secondary N) is 2. The second kappa shape index (κ2) is 6.16. The molecule has 0 radical (unpaired) electrons. The fraction of sp³-hybridized carbons (Fsp3) is 0.182. The van der Waals surface area contributed by atoms with E-state index >= 15 is 0 Å². The Hall–Kier alpha value is -2.04. The number of rotatable bonds is 6. The van der Waals surface area contributed by atoms with Crippen LogP contribution in [0.2, 0.25) is 0 Å². The van der Waals surface area contributed by atoms with E-state index in [1.807, 2.05) is 0 Å². The fourth-order valence-corrected chi connectivity index (χ4v) is 3.44. The van der Waals surface area contributed by atoms with E-state index in [9.17, 15) is 18.5 Å². The molecule has 1 heterocycles. The van der Waals surface area contributed by atoms with Crippen LogP contribution >= 0.6 is 11.3 Å². The second-order valence-corrected chi connectivity index (χ2v) is 6.65. The van der Waals surface area contributed by atoms with Gasteiger partial charge in [0.1, 0.15) is 5.01 Å². The number of hydrogen-bond donors (Lipinski definition) is 2. The normalized spacial score (nSPS) is 11.3. The van der Waals surface area contributed by atoms with Crippen LogP contribution in [0, 0.1) is 10.1 Å². The number of hydrogen-bond acceptors (Lipinski definition) is 7. The highest BCUT2D eigenvalue weighted by atomic mass is 32.2. The van der Waals surface area contributed by atoms with Crippen molar-refractivity contribution < 1.29 is 13.3 Å². The summed E-state index contributed by atoms with van der Waals surface area (Å²) in [6.07, 6.45) is 1.55. The number of nitro benzene ring substituents is 1. The van der Waals surface area contributed by atoms with Gasteiger partial charge in [0.15, 0.2) is 4.90 Å². The van der Waals surface area contributed by atoms with Crippen LogP contribution in [-0.2, 0) is 16.6 Å². The molecule has 10 heteroatoms. The maximum Gasteiger partial charge on any atom is 0.289 e. The van der Waals surface area contributed by atoms with Crippen LogP contribution in [0.15, 0.2) is 34.7 Å². The zero-order valence-corrected chi connectivity index (χ0v) is 12.6. The van der Waals surface area contributed by atoms with E-state index in [1.54, 1.807) is 18.6 Å². The maximum atomic E-state index is 12.3. The smallest absolute Gasteiger partial charge is 0.289 e. The van der Waals surface area contributed by atoms with Gasteiger partial charge in [0, 0.05) is 30.4 Å². The molecule has 0 unspecified atom stereocenters. The van der Waals surface area contributed by atoms with E-state index in [2.05, 4.69) is 15.0 Å². The van der Waals surface area contributed by atoms with Crippen molar-refractivity contribution in [2.75, 3.05) is 12.4 Å². The molecule has 8 nitrogen and oxygen atoms in total. The predicted molar refractivity (Wildman–Crippen MR) is 78.8 cm³/mol. The Bertz CT molecular complexity index is 744. The second-order valence-electron chi connectivity index (χ2n) is 3.94. The zero-order chi connectivity index (χ0) is 15.5. The lowest BCUT2D eigenvalue weighted by molar-refractivity contribution is -0.387. The van der Waals surface area contributed by atoms with Gasteiger partial charge in [-0.25, -0.2) is 18.1 Å². The van der Waals surface area contributed by atoms with Gasteiger partial charge < -0.3 is 5.32 Å². The number of benzene rings is 1. The first-order valence-electron chi connectivity index (χ1n) is 5.78. The third-order valence-electron chi connectivity index (χ3n) is 2.63. The molecular formula is C11H12N4O4S2. The molecule has 112 valence electrons. The van der Waals surface area contributed by atoms with Crippen LogP contribution in [0.4, 0.5) is 11.4 Å². The van der Waals surface area contributed by atoms with Crippen LogP contribution in [-0.4, -0.2) is 25.4 Å². The average molecular weight is 328 g/mol. The Balaban J connectivity index is 2.35. The molecule has 21 heavy (non-hydrogen) atoms. The fourth-order valence-electron chi connectivity index (χ4n) is 1.61. The molecule has 1 aromatic heterocycles. The highest BCUT2D eigenvalue weighted by Crippen LogP contribution is 2.27. The number of nitro groups is 1. The van der Waals surface area contributed by atoms with E-state index in [4.69, 9.17) is 0 Å². The van der Waals surface area contributed by atoms with Crippen LogP contribution in [0.3, 0.4) is 0 Å². The molecule has 2 N–H and O–H groups in total. The van der Waals surface area contributed by atoms with Crippen molar-refractivity contribution >= 4 is 32.7 Å². The largest absolute Gasteiger partial charge is 0.388 e. The summed E-state index contributed by atoms with van der Waals surface area (Å²) in [5.74, 6) is 0. The Morgan fingerprint density at radius 2 is 2.19 bits per heavy atom. The zero-order valence-electron chi connectivity index (χ0n) is 10.9. The molecule has 1 aromatic carbocycles. The minimum absolute atomic E-state index is 0.0130. The number of sulfonamides is 1. The molecule has 0 atom stereocenters. The molecule has 0 aliphatic heterocycles. The van der Waals surface area contributed by atoms with Gasteiger partial charge in [-0.3, -0.25) is 10.1 Å². The topological polar surface area (TPSA) is 114 Å². The van der Waals surface area contributed by atoms with Gasteiger partial charge in [-0.2, -0.15) is 0 Å². The summed E-state index contributed by atoms with van der Waals surface area (Å²) in [5.41, 5.74) is -0.00383. The third kappa shape index (κ3) is 3.54. The van der Waals surface area contributed by atoms with Crippen molar-refractivity contribution in [3.05, 3.63) is 44.9 Å². The molecule has 0 saturated carbocycles. The number of nitrogens with zero attached hydrogens (tertiary/aromatic N) is 2. The highest BCUT2D eigenvalue weighted by molar-refractivity contribution is 7.89. The predicted octanol–water partition coefficient (Wildman–Crippen LogP) is 1.57. The summed E-state index contributed by atoms with van der Waals surface area (Å²) in [4.78, 5) is 13.8. The number of thiazole rings is 1. The van der Waals surface area contributed by atoms with Gasteiger partial charge in [0.05, 0.1) is 11.5 Å². The molecule has 0 aliphatic rings. The summed E-state index contributed by atoms with van der Waals surface area (Å²) < 4.78 is 26.8. The minimum atomic E-state index is -4.01. The molecule has 0 amide bonds. The molecule has 0 bridgehead atoms. The first-order chi connectivity index (χ1) is 9.94. The lowest BCUT2D eigenvalue weighted by atomic mass is 10.3. The SMILES string of the molecule is CNc1ccc([N+](=O)[O-])c(S(=O)(=O)NCc2nccs2)c1. The standard InChI is InChI=1S/C11H12N4O4S2/c1-12-8-2-3-9(15(16)17)10(6-8)21(18,19)14-7-11-13-4-5-20-11/h2-6,12,14H,7H2,1H3. The summed E-state index contributed by atoms with van der Waals surface area (Å²) in [5, 5.41) is 16.0. The third-order valence-corrected chi connectivity index (χ3v) is 4.84. The molecular weight excluding hydrogens is 316 g/mol. The van der Waals surface area contributed by atoms with Crippen LogP contribution < -0.4 is 10.0 Å². The number of anilines is 1. The summed E-state index contributed by atoms with van der Waals surface area (Å²) in [6, 6.07) is 3.82. The first-order valence-corrected chi connectivity index (χ1v) is 8.14. The average Bonchev–Trinajstić information content (AvgIpc) is 2.98. The van der Waals surface area contributed by atoms with Crippen LogP contribution in [0.1, 0.15) is 5.01 Å². The van der Waals surface area contributed by atoms with Crippen molar-refractivity contribution in [3.8, 4) is 0 Å². The Labute approximate surface area is 125 Å². The van der Waals surface area contributed by atoms with Crippen molar-refractivity contribution in [1.82, 2.24) is 9.71 Å². The van der Waals surface area contributed by atoms with Crippen molar-refractivity contribution in [2.24, 2.45) is 0 Å². The molecule has 0 saturated heterocycles. The minimum Gasteiger partial charge on any atom is -0.388 e. The van der Waals surface area contributed by atoms with Gasteiger partial charge in [-0.1, -0.05) is 0 Å². The van der Waals surface area contributed by atoms with E-state index in [0.717, 1.165) is 6.07 Å². The molecule has 2 aromatic rings. The lowest BCUT2D eigenvalue weighted by Crippen LogP contribution is -2.24. The van der Waals surface area contributed by atoms with Crippen LogP contribution in [0.25, 0.3) is 0 Å². The molecule has 0 aliphatic carbocycles. The summed E-state index contributed by atoms with van der Waals surface area (Å²) in [6.45, 7) is -0.0130. The van der Waals surface area contributed by atoms with Crippen molar-refractivity contribution in [3.63, 3.8) is 0 Å². The molecule has 0 fully saturated rings. The summed E-state index contributed by atoms with van der Waals surface area (Å²) in [7, 11) is -2.41. The quantitative estimate of drug-likeness (QED) is 0.614. The van der Waals surface area contributed by atoms with Crippen molar-refractivity contribution in [2.45, 2.75) is 11.4 Å². The molecule has 2 rings (SSSR count). The van der Waals surface area contributed by atoms with Gasteiger partial charge >= 0.3 is 0 Å². The van der Waals surface area contributed by atoms with Gasteiger partial charge in [0.2, 0.25) is 10.0 Å². The van der Waals surface area contributed by atoms with E-state index < -0.39 is 20.6 Å². The Morgan fingerprint density at radius 3 is 2.76 bits per heavy atom. The Kier molecular flexibility index (Phi) is 4.50. The van der Waals surface area contributed by atoms with E-state index in [0.29, 0.717) is 10.7 Å². The lowest BCUT2D eigenvalue weighted by Gasteiger charge is -2.08. The van der Waals surface area contributed by atoms with Crippen LogP contribution in [0.5, 0.6) is 0 Å².